The van der Waals surface area contributed by atoms with Gasteiger partial charge in [-0.2, -0.15) is 5.10 Å². The number of fused-ring (bicyclic) bond motifs is 1. The highest BCUT2D eigenvalue weighted by atomic mass is 16.3. The number of aryl methyl sites for hydroxylation is 1. The van der Waals surface area contributed by atoms with E-state index < -0.39 is 11.9 Å². The molecule has 7 rings (SSSR count). The van der Waals surface area contributed by atoms with Gasteiger partial charge in [0.25, 0.3) is 0 Å². The zero-order chi connectivity index (χ0) is 31.2. The van der Waals surface area contributed by atoms with Gasteiger partial charge < -0.3 is 10.8 Å². The maximum absolute atomic E-state index is 13.1. The molecule has 2 amide bonds. The lowest BCUT2D eigenvalue weighted by atomic mass is 10.0. The highest BCUT2D eigenvalue weighted by Gasteiger charge is 2.31. The minimum absolute atomic E-state index is 0.125. The highest BCUT2D eigenvalue weighted by Crippen LogP contribution is 2.33. The van der Waals surface area contributed by atoms with Crippen molar-refractivity contribution in [3.63, 3.8) is 0 Å². The van der Waals surface area contributed by atoms with Crippen molar-refractivity contribution in [3.8, 4) is 28.1 Å². The Morgan fingerprint density at radius 2 is 1.78 bits per heavy atom. The number of aromatic hydroxyl groups is 1. The summed E-state index contributed by atoms with van der Waals surface area (Å²) in [7, 11) is 1.71. The molecule has 2 aliphatic heterocycles. The van der Waals surface area contributed by atoms with Crippen molar-refractivity contribution in [2.75, 3.05) is 18.8 Å². The summed E-state index contributed by atoms with van der Waals surface area (Å²) in [4.78, 5) is 39.6. The lowest BCUT2D eigenvalue weighted by Crippen LogP contribution is -2.44. The van der Waals surface area contributed by atoms with Gasteiger partial charge in [0.15, 0.2) is 5.82 Å². The van der Waals surface area contributed by atoms with E-state index in [2.05, 4.69) is 25.5 Å². The van der Waals surface area contributed by atoms with Crippen molar-refractivity contribution < 1.29 is 14.7 Å². The summed E-state index contributed by atoms with van der Waals surface area (Å²) >= 11 is 0. The Morgan fingerprint density at radius 1 is 0.978 bits per heavy atom. The second-order valence-corrected chi connectivity index (χ2v) is 11.8. The quantitative estimate of drug-likeness (QED) is 0.246. The number of nitrogens with zero attached hydrogens (tertiary/aromatic N) is 7. The second-order valence-electron chi connectivity index (χ2n) is 11.8. The number of rotatable bonds is 6. The van der Waals surface area contributed by atoms with Crippen molar-refractivity contribution in [1.82, 2.24) is 39.3 Å². The number of hydrogen-bond donors (Lipinski definition) is 3. The van der Waals surface area contributed by atoms with Crippen LogP contribution in [-0.2, 0) is 23.2 Å². The molecule has 0 spiro atoms. The third-order valence-electron chi connectivity index (χ3n) is 8.93. The molecule has 2 aliphatic rings. The molecule has 2 aromatic carbocycles. The molecule has 230 valence electrons. The molecule has 0 bridgehead atoms. The van der Waals surface area contributed by atoms with Gasteiger partial charge in [-0.1, -0.05) is 18.2 Å². The fraction of sp³-hybridized carbons (Fsp3) is 0.312. The maximum Gasteiger partial charge on any atom is 0.329 e. The number of piperidine rings is 2. The summed E-state index contributed by atoms with van der Waals surface area (Å²) in [5.74, 6) is -0.320. The summed E-state index contributed by atoms with van der Waals surface area (Å²) in [5.41, 5.74) is 11.1. The van der Waals surface area contributed by atoms with E-state index in [1.165, 1.54) is 4.57 Å². The third kappa shape index (κ3) is 5.24. The molecule has 0 aliphatic carbocycles. The fourth-order valence-electron chi connectivity index (χ4n) is 6.47. The lowest BCUT2D eigenvalue weighted by molar-refractivity contribution is -0.135. The zero-order valence-corrected chi connectivity index (χ0v) is 24.8. The van der Waals surface area contributed by atoms with Crippen LogP contribution in [0.2, 0.25) is 0 Å². The number of anilines is 1. The van der Waals surface area contributed by atoms with Crippen LogP contribution in [0.15, 0.2) is 65.7 Å². The van der Waals surface area contributed by atoms with Crippen molar-refractivity contribution in [2.24, 2.45) is 7.05 Å². The van der Waals surface area contributed by atoms with Gasteiger partial charge in [0.05, 0.1) is 29.0 Å². The topological polar surface area (TPSA) is 166 Å². The molecule has 0 radical (unpaired) electrons. The summed E-state index contributed by atoms with van der Waals surface area (Å²) in [5, 5.41) is 25.6. The second kappa shape index (κ2) is 11.3. The summed E-state index contributed by atoms with van der Waals surface area (Å²) < 4.78 is 5.07. The Labute approximate surface area is 257 Å². The van der Waals surface area contributed by atoms with Crippen LogP contribution >= 0.6 is 0 Å². The predicted octanol–water partition coefficient (Wildman–Crippen LogP) is 2.76. The van der Waals surface area contributed by atoms with Gasteiger partial charge in [-0.15, -0.1) is 10.2 Å². The number of imide groups is 1. The van der Waals surface area contributed by atoms with Crippen molar-refractivity contribution in [1.29, 1.82) is 0 Å². The zero-order valence-electron chi connectivity index (χ0n) is 24.8. The molecule has 1 atom stereocenters. The molecule has 5 aromatic rings. The van der Waals surface area contributed by atoms with Crippen LogP contribution < -0.4 is 16.7 Å². The van der Waals surface area contributed by atoms with Crippen LogP contribution in [0, 0.1) is 0 Å². The van der Waals surface area contributed by atoms with Gasteiger partial charge in [-0.3, -0.25) is 33.6 Å². The Balaban J connectivity index is 1.03. The summed E-state index contributed by atoms with van der Waals surface area (Å²) in [6, 6.07) is 14.3. The number of phenolic OH excluding ortho intramolecular Hbond substituents is 1. The number of hydrogen-bond acceptors (Lipinski definition) is 9. The molecule has 5 heterocycles. The molecule has 13 nitrogen and oxygen atoms in total. The first kappa shape index (κ1) is 28.5. The highest BCUT2D eigenvalue weighted by molar-refractivity contribution is 6.00. The minimum Gasteiger partial charge on any atom is -0.507 e. The van der Waals surface area contributed by atoms with Gasteiger partial charge in [0, 0.05) is 56.0 Å². The smallest absolute Gasteiger partial charge is 0.329 e. The Kier molecular flexibility index (Phi) is 7.16. The molecular weight excluding hydrogens is 574 g/mol. The monoisotopic (exact) mass is 607 g/mol. The number of phenols is 1. The van der Waals surface area contributed by atoms with Gasteiger partial charge in [-0.25, -0.2) is 4.79 Å². The van der Waals surface area contributed by atoms with E-state index in [-0.39, 0.29) is 29.8 Å². The van der Waals surface area contributed by atoms with Crippen LogP contribution in [0.3, 0.4) is 0 Å². The average Bonchev–Trinajstić information content (AvgIpc) is 3.62. The van der Waals surface area contributed by atoms with Crippen LogP contribution in [0.25, 0.3) is 33.4 Å². The molecule has 1 unspecified atom stereocenters. The Morgan fingerprint density at radius 3 is 2.56 bits per heavy atom. The van der Waals surface area contributed by atoms with Gasteiger partial charge in [0.2, 0.25) is 11.8 Å². The number of nitrogen functional groups attached to an aromatic ring is 1. The van der Waals surface area contributed by atoms with Crippen LogP contribution in [-0.4, -0.2) is 64.0 Å². The number of nitrogens with two attached hydrogens (primary N) is 1. The van der Waals surface area contributed by atoms with E-state index in [0.717, 1.165) is 49.1 Å². The standard InChI is InChI=1S/C32H33N9O4/c1-38-27-14-19(6-7-25(27)41(32(38)45)26-8-9-29(43)35-31(26)44)17-39-12-10-21(11-13-39)40-18-20(16-34-40)23-15-24(36-37-30(23)33)22-4-2-3-5-28(22)42/h2-7,14-16,18,21,26,42H,8-13,17H2,1H3,(H2,33,37)(H,35,43,44). The molecule has 2 saturated heterocycles. The lowest BCUT2D eigenvalue weighted by Gasteiger charge is -2.32. The predicted molar refractivity (Wildman–Crippen MR) is 167 cm³/mol. The molecule has 3 aromatic heterocycles. The van der Waals surface area contributed by atoms with Crippen molar-refractivity contribution in [3.05, 3.63) is 77.0 Å². The van der Waals surface area contributed by atoms with Crippen molar-refractivity contribution >= 4 is 28.7 Å². The van der Waals surface area contributed by atoms with Crippen LogP contribution in [0.1, 0.15) is 43.3 Å². The largest absolute Gasteiger partial charge is 0.507 e. The minimum atomic E-state index is -0.697. The molecule has 13 heteroatoms. The van der Waals surface area contributed by atoms with Gasteiger partial charge >= 0.3 is 5.69 Å². The summed E-state index contributed by atoms with van der Waals surface area (Å²) in [6.45, 7) is 2.49. The molecular formula is C32H33N9O4. The number of aromatic nitrogens is 6. The molecule has 4 N–H and O–H groups in total. The fourth-order valence-corrected chi connectivity index (χ4v) is 6.47. The maximum atomic E-state index is 13.1. The van der Waals surface area contributed by atoms with E-state index in [9.17, 15) is 19.5 Å². The van der Waals surface area contributed by atoms with E-state index in [4.69, 9.17) is 5.73 Å². The first-order chi connectivity index (χ1) is 21.8. The number of amides is 2. The number of para-hydroxylation sites is 1. The van der Waals surface area contributed by atoms with Crippen LogP contribution in [0.4, 0.5) is 5.82 Å². The van der Waals surface area contributed by atoms with Crippen LogP contribution in [0.5, 0.6) is 5.75 Å². The number of carbonyl (C=O) groups is 2. The van der Waals surface area contributed by atoms with E-state index >= 15 is 0 Å². The Hall–Kier alpha value is -5.30. The molecule has 2 fully saturated rings. The Bertz CT molecular complexity index is 2000. The number of benzene rings is 2. The summed E-state index contributed by atoms with van der Waals surface area (Å²) in [6.07, 6.45) is 6.13. The number of carbonyl (C=O) groups excluding carboxylic acids is 2. The van der Waals surface area contributed by atoms with E-state index in [1.54, 1.807) is 36.0 Å². The first-order valence-corrected chi connectivity index (χ1v) is 15.0. The number of imidazole rings is 1. The average molecular weight is 608 g/mol. The number of nitrogens with one attached hydrogen (secondary N) is 1. The van der Waals surface area contributed by atoms with Gasteiger partial charge in [-0.05, 0) is 55.2 Å². The first-order valence-electron chi connectivity index (χ1n) is 15.0. The third-order valence-corrected chi connectivity index (χ3v) is 8.93. The van der Waals surface area contributed by atoms with E-state index in [0.29, 0.717) is 34.6 Å². The van der Waals surface area contributed by atoms with Crippen molar-refractivity contribution in [2.45, 2.75) is 44.3 Å². The number of likely N-dealkylation sites (tertiary alicyclic amines) is 1. The molecule has 0 saturated carbocycles. The SMILES string of the molecule is Cn1c(=O)n(C2CCC(=O)NC2=O)c2ccc(CN3CCC(n4cc(-c5cc(-c6ccccc6O)nnc5N)cn4)CC3)cc21. The van der Waals surface area contributed by atoms with Gasteiger partial charge in [0.1, 0.15) is 11.8 Å². The van der Waals surface area contributed by atoms with E-state index in [1.807, 2.05) is 41.2 Å². The normalized spacial score (nSPS) is 18.0. The molecule has 45 heavy (non-hydrogen) atoms.